The third kappa shape index (κ3) is 5.29. The van der Waals surface area contributed by atoms with Crippen molar-refractivity contribution >= 4 is 22.8 Å². The number of para-hydroxylation sites is 1. The molecule has 0 bridgehead atoms. The van der Waals surface area contributed by atoms with E-state index in [4.69, 9.17) is 9.47 Å². The van der Waals surface area contributed by atoms with Gasteiger partial charge in [0.2, 0.25) is 18.6 Å². The molecule has 1 aliphatic rings. The summed E-state index contributed by atoms with van der Waals surface area (Å²) in [4.78, 5) is 33.6. The van der Waals surface area contributed by atoms with Crippen molar-refractivity contribution in [2.24, 2.45) is 0 Å². The largest absolute Gasteiger partial charge is 0.454 e. The molecule has 3 heterocycles. The third-order valence-electron chi connectivity index (χ3n) is 6.74. The number of carbonyl (C=O) groups excluding carboxylic acids is 2. The van der Waals surface area contributed by atoms with E-state index in [1.807, 2.05) is 63.2 Å². The standard InChI is InChI=1S/C28H30N6O4/c1-4-28(2,3)30-27(36)26(20-11-13-29-14-12-20)33(16-19-9-10-23-24(15-19)38-18-37-23)25(35)17-34-22-8-6-5-7-21(22)31-32-34/h5-15,26H,4,16-18H2,1-3H3,(H,30,36)/t26-/m1/s1. The van der Waals surface area contributed by atoms with Gasteiger partial charge in [-0.3, -0.25) is 14.6 Å². The van der Waals surface area contributed by atoms with Gasteiger partial charge in [0.05, 0.1) is 5.52 Å². The maximum Gasteiger partial charge on any atom is 0.247 e. The van der Waals surface area contributed by atoms with Crippen LogP contribution in [0.15, 0.2) is 67.0 Å². The van der Waals surface area contributed by atoms with Crippen LogP contribution in [-0.4, -0.2) is 49.0 Å². The van der Waals surface area contributed by atoms with Crippen LogP contribution in [0.5, 0.6) is 11.5 Å². The molecule has 0 saturated heterocycles. The summed E-state index contributed by atoms with van der Waals surface area (Å²) in [6, 6.07) is 15.6. The Bertz CT molecular complexity index is 1450. The van der Waals surface area contributed by atoms with E-state index in [-0.39, 0.29) is 31.7 Å². The highest BCUT2D eigenvalue weighted by atomic mass is 16.7. The molecular weight excluding hydrogens is 484 g/mol. The average molecular weight is 515 g/mol. The van der Waals surface area contributed by atoms with Crippen LogP contribution in [0.1, 0.15) is 44.4 Å². The number of aromatic nitrogens is 4. The number of pyridine rings is 1. The number of carbonyl (C=O) groups is 2. The highest BCUT2D eigenvalue weighted by Gasteiger charge is 2.34. The minimum atomic E-state index is -0.906. The number of nitrogens with zero attached hydrogens (tertiary/aromatic N) is 5. The van der Waals surface area contributed by atoms with E-state index in [1.54, 1.807) is 34.1 Å². The molecule has 0 aliphatic carbocycles. The molecule has 5 rings (SSSR count). The van der Waals surface area contributed by atoms with Crippen molar-refractivity contribution in [1.29, 1.82) is 0 Å². The van der Waals surface area contributed by atoms with Crippen LogP contribution < -0.4 is 14.8 Å². The van der Waals surface area contributed by atoms with Crippen molar-refractivity contribution in [3.63, 3.8) is 0 Å². The third-order valence-corrected chi connectivity index (χ3v) is 6.74. The van der Waals surface area contributed by atoms with Gasteiger partial charge in [0.25, 0.3) is 0 Å². The fourth-order valence-corrected chi connectivity index (χ4v) is 4.32. The lowest BCUT2D eigenvalue weighted by molar-refractivity contribution is -0.143. The summed E-state index contributed by atoms with van der Waals surface area (Å²) in [5.41, 5.74) is 2.42. The van der Waals surface area contributed by atoms with Gasteiger partial charge >= 0.3 is 0 Å². The first-order chi connectivity index (χ1) is 18.3. The van der Waals surface area contributed by atoms with Crippen molar-refractivity contribution in [2.45, 2.75) is 51.9 Å². The lowest BCUT2D eigenvalue weighted by Crippen LogP contribution is -2.50. The Balaban J connectivity index is 1.54. The van der Waals surface area contributed by atoms with E-state index in [2.05, 4.69) is 20.6 Å². The fourth-order valence-electron chi connectivity index (χ4n) is 4.32. The summed E-state index contributed by atoms with van der Waals surface area (Å²) in [6.45, 7) is 6.15. The van der Waals surface area contributed by atoms with Gasteiger partial charge < -0.3 is 19.7 Å². The topological polar surface area (TPSA) is 111 Å². The molecule has 38 heavy (non-hydrogen) atoms. The Morgan fingerprint density at radius 3 is 2.63 bits per heavy atom. The highest BCUT2D eigenvalue weighted by molar-refractivity contribution is 5.89. The summed E-state index contributed by atoms with van der Waals surface area (Å²) >= 11 is 0. The zero-order valence-corrected chi connectivity index (χ0v) is 21.6. The second-order valence-corrected chi connectivity index (χ2v) is 9.85. The molecule has 1 atom stereocenters. The number of hydrogen-bond donors (Lipinski definition) is 1. The van der Waals surface area contributed by atoms with Crippen molar-refractivity contribution in [2.75, 3.05) is 6.79 Å². The zero-order chi connectivity index (χ0) is 26.7. The number of ether oxygens (including phenoxy) is 2. The predicted octanol–water partition coefficient (Wildman–Crippen LogP) is 3.63. The molecule has 2 amide bonds. The summed E-state index contributed by atoms with van der Waals surface area (Å²) in [5, 5.41) is 11.5. The Labute approximate surface area is 220 Å². The first-order valence-corrected chi connectivity index (χ1v) is 12.5. The molecule has 196 valence electrons. The maximum atomic E-state index is 14.0. The van der Waals surface area contributed by atoms with Gasteiger partial charge in [0, 0.05) is 24.5 Å². The molecular formula is C28H30N6O4. The maximum absolute atomic E-state index is 14.0. The first kappa shape index (κ1) is 25.2. The summed E-state index contributed by atoms with van der Waals surface area (Å²) in [6.07, 6.45) is 3.96. The van der Waals surface area contributed by atoms with E-state index < -0.39 is 11.6 Å². The van der Waals surface area contributed by atoms with Gasteiger partial charge in [-0.15, -0.1) is 5.10 Å². The van der Waals surface area contributed by atoms with Crippen molar-refractivity contribution in [1.82, 2.24) is 30.2 Å². The molecule has 0 radical (unpaired) electrons. The van der Waals surface area contributed by atoms with Crippen LogP contribution in [0.2, 0.25) is 0 Å². The minimum Gasteiger partial charge on any atom is -0.454 e. The lowest BCUT2D eigenvalue weighted by atomic mass is 9.98. The molecule has 10 heteroatoms. The van der Waals surface area contributed by atoms with Crippen molar-refractivity contribution < 1.29 is 19.1 Å². The van der Waals surface area contributed by atoms with E-state index in [9.17, 15) is 9.59 Å². The molecule has 2 aromatic carbocycles. The first-order valence-electron chi connectivity index (χ1n) is 12.5. The lowest BCUT2D eigenvalue weighted by Gasteiger charge is -2.34. The number of amides is 2. The Morgan fingerprint density at radius 2 is 1.84 bits per heavy atom. The highest BCUT2D eigenvalue weighted by Crippen LogP contribution is 2.34. The predicted molar refractivity (Wildman–Crippen MR) is 140 cm³/mol. The van der Waals surface area contributed by atoms with Gasteiger partial charge in [0.15, 0.2) is 11.5 Å². The Morgan fingerprint density at radius 1 is 1.08 bits per heavy atom. The second-order valence-electron chi connectivity index (χ2n) is 9.85. The van der Waals surface area contributed by atoms with E-state index in [0.717, 1.165) is 17.5 Å². The van der Waals surface area contributed by atoms with Gasteiger partial charge in [-0.2, -0.15) is 0 Å². The van der Waals surface area contributed by atoms with Crippen molar-refractivity contribution in [3.05, 3.63) is 78.1 Å². The minimum absolute atomic E-state index is 0.0862. The van der Waals surface area contributed by atoms with E-state index >= 15 is 0 Å². The molecule has 0 fully saturated rings. The molecule has 0 unspecified atom stereocenters. The molecule has 1 N–H and O–H groups in total. The van der Waals surface area contributed by atoms with Crippen LogP contribution in [-0.2, 0) is 22.7 Å². The van der Waals surface area contributed by atoms with Gasteiger partial charge in [-0.05, 0) is 67.8 Å². The van der Waals surface area contributed by atoms with Crippen molar-refractivity contribution in [3.8, 4) is 11.5 Å². The van der Waals surface area contributed by atoms with E-state index in [0.29, 0.717) is 22.6 Å². The fraction of sp³-hybridized carbons (Fsp3) is 0.321. The zero-order valence-electron chi connectivity index (χ0n) is 21.6. The Kier molecular flexibility index (Phi) is 6.95. The number of benzene rings is 2. The monoisotopic (exact) mass is 514 g/mol. The number of rotatable bonds is 9. The van der Waals surface area contributed by atoms with Crippen LogP contribution in [0.4, 0.5) is 0 Å². The molecule has 4 aromatic rings. The summed E-state index contributed by atoms with van der Waals surface area (Å²) in [5.74, 6) is 0.688. The summed E-state index contributed by atoms with van der Waals surface area (Å²) < 4.78 is 12.6. The van der Waals surface area contributed by atoms with Gasteiger partial charge in [0.1, 0.15) is 18.1 Å². The van der Waals surface area contributed by atoms with Crippen LogP contribution >= 0.6 is 0 Å². The Hall–Kier alpha value is -4.47. The summed E-state index contributed by atoms with van der Waals surface area (Å²) in [7, 11) is 0. The SMILES string of the molecule is CCC(C)(C)NC(=O)[C@@H](c1ccncc1)N(Cc1ccc2c(c1)OCO2)C(=O)Cn1nnc2ccccc21. The number of nitrogens with one attached hydrogen (secondary N) is 1. The normalized spacial score (nSPS) is 13.3. The average Bonchev–Trinajstić information content (AvgIpc) is 3.55. The molecule has 2 aromatic heterocycles. The molecule has 10 nitrogen and oxygen atoms in total. The van der Waals surface area contributed by atoms with Gasteiger partial charge in [-0.1, -0.05) is 30.3 Å². The van der Waals surface area contributed by atoms with E-state index in [1.165, 1.54) is 0 Å². The van der Waals surface area contributed by atoms with Gasteiger partial charge in [-0.25, -0.2) is 4.68 Å². The smallest absolute Gasteiger partial charge is 0.247 e. The molecule has 1 aliphatic heterocycles. The second kappa shape index (κ2) is 10.5. The molecule has 0 spiro atoms. The number of hydrogen-bond acceptors (Lipinski definition) is 7. The van der Waals surface area contributed by atoms with Crippen LogP contribution in [0.3, 0.4) is 0 Å². The molecule has 0 saturated carbocycles. The van der Waals surface area contributed by atoms with Crippen LogP contribution in [0.25, 0.3) is 11.0 Å². The number of fused-ring (bicyclic) bond motifs is 2. The quantitative estimate of drug-likeness (QED) is 0.363. The van der Waals surface area contributed by atoms with Crippen LogP contribution in [0, 0.1) is 0 Å².